The van der Waals surface area contributed by atoms with Crippen molar-refractivity contribution in [3.63, 3.8) is 0 Å². The van der Waals surface area contributed by atoms with Gasteiger partial charge in [-0.05, 0) is 12.8 Å². The zero-order valence-corrected chi connectivity index (χ0v) is 49.9. The molecule has 14 nitrogen and oxygen atoms in total. The monoisotopic (exact) mass is 1110 g/mol. The Morgan fingerprint density at radius 2 is 0.795 bits per heavy atom. The van der Waals surface area contributed by atoms with Gasteiger partial charge < -0.3 is 65.1 Å². The number of ether oxygens (including phenoxy) is 4. The maximum absolute atomic E-state index is 13.1. The Labute approximate surface area is 476 Å². The van der Waals surface area contributed by atoms with Crippen LogP contribution < -0.4 is 5.32 Å². The number of nitrogens with one attached hydrogen (secondary N) is 1. The van der Waals surface area contributed by atoms with Crippen molar-refractivity contribution in [2.75, 3.05) is 19.8 Å². The number of aliphatic hydroxyl groups is 8. The summed E-state index contributed by atoms with van der Waals surface area (Å²) in [6.45, 7) is 2.65. The van der Waals surface area contributed by atoms with Crippen molar-refractivity contribution in [3.8, 4) is 0 Å². The zero-order valence-electron chi connectivity index (χ0n) is 49.9. The largest absolute Gasteiger partial charge is 0.394 e. The number of amides is 1. The molecule has 0 saturated carbocycles. The van der Waals surface area contributed by atoms with Crippen LogP contribution in [-0.2, 0) is 23.7 Å². The Hall–Kier alpha value is -1.27. The summed E-state index contributed by atoms with van der Waals surface area (Å²) in [4.78, 5) is 13.1. The lowest BCUT2D eigenvalue weighted by Crippen LogP contribution is -2.65. The fourth-order valence-corrected chi connectivity index (χ4v) is 11.2. The minimum absolute atomic E-state index is 0.243. The van der Waals surface area contributed by atoms with E-state index >= 15 is 0 Å². The first-order chi connectivity index (χ1) is 38.1. The van der Waals surface area contributed by atoms with E-state index in [0.717, 1.165) is 38.5 Å². The van der Waals surface area contributed by atoms with E-state index < -0.39 is 86.8 Å². The van der Waals surface area contributed by atoms with Crippen LogP contribution in [0.15, 0.2) is 12.2 Å². The van der Waals surface area contributed by atoms with E-state index in [0.29, 0.717) is 6.42 Å². The normalized spacial score (nSPS) is 24.5. The van der Waals surface area contributed by atoms with Crippen molar-refractivity contribution in [2.45, 2.75) is 370 Å². The summed E-state index contributed by atoms with van der Waals surface area (Å²) in [5.41, 5.74) is 0. The van der Waals surface area contributed by atoms with Gasteiger partial charge in [-0.3, -0.25) is 4.79 Å². The number of carbonyl (C=O) groups excluding carboxylic acids is 1. The third kappa shape index (κ3) is 35.0. The van der Waals surface area contributed by atoms with E-state index in [-0.39, 0.29) is 18.9 Å². The van der Waals surface area contributed by atoms with Gasteiger partial charge in [0.15, 0.2) is 12.6 Å². The maximum Gasteiger partial charge on any atom is 0.220 e. The highest BCUT2D eigenvalue weighted by molar-refractivity contribution is 5.76. The van der Waals surface area contributed by atoms with Gasteiger partial charge in [-0.2, -0.15) is 0 Å². The number of unbranched alkanes of at least 4 members (excludes halogenated alkanes) is 41. The minimum Gasteiger partial charge on any atom is -0.394 e. The van der Waals surface area contributed by atoms with Gasteiger partial charge in [0.2, 0.25) is 5.91 Å². The smallest absolute Gasteiger partial charge is 0.220 e. The Morgan fingerprint density at radius 1 is 0.449 bits per heavy atom. The number of rotatable bonds is 54. The van der Waals surface area contributed by atoms with E-state index in [9.17, 15) is 45.6 Å². The molecular formula is C64H123NO13. The van der Waals surface area contributed by atoms with E-state index in [1.165, 1.54) is 231 Å². The second kappa shape index (κ2) is 50.3. The van der Waals surface area contributed by atoms with E-state index in [1.54, 1.807) is 6.08 Å². The Balaban J connectivity index is 1.42. The van der Waals surface area contributed by atoms with Crippen molar-refractivity contribution in [1.82, 2.24) is 5.32 Å². The van der Waals surface area contributed by atoms with Gasteiger partial charge in [0.05, 0.1) is 32.0 Å². The van der Waals surface area contributed by atoms with Crippen LogP contribution in [-0.4, -0.2) is 140 Å². The molecule has 12 unspecified atom stereocenters. The molecule has 462 valence electrons. The van der Waals surface area contributed by atoms with Crippen LogP contribution in [0.4, 0.5) is 0 Å². The molecule has 2 fully saturated rings. The third-order valence-electron chi connectivity index (χ3n) is 16.5. The van der Waals surface area contributed by atoms with E-state index in [2.05, 4.69) is 19.2 Å². The van der Waals surface area contributed by atoms with Crippen LogP contribution in [0.2, 0.25) is 0 Å². The first-order valence-corrected chi connectivity index (χ1v) is 32.9. The number of allylic oxidation sites excluding steroid dienone is 1. The van der Waals surface area contributed by atoms with E-state index in [1.807, 2.05) is 6.08 Å². The number of hydrogen-bond donors (Lipinski definition) is 9. The second-order valence-electron chi connectivity index (χ2n) is 23.6. The molecule has 14 heteroatoms. The van der Waals surface area contributed by atoms with Crippen LogP contribution >= 0.6 is 0 Å². The Morgan fingerprint density at radius 3 is 1.17 bits per heavy atom. The summed E-state index contributed by atoms with van der Waals surface area (Å²) in [7, 11) is 0. The summed E-state index contributed by atoms with van der Waals surface area (Å²) < 4.78 is 22.6. The SMILES string of the molecule is CCCC/C=C/C(O)C(COC1OC(CO)C(OC2OC(CO)C(O)C(O)C2O)C(O)C1O)NC(=O)CCCCCCCCCCCCCCCCCCCCCCCCCCCCCCCCCCCCCCCCCC. The van der Waals surface area contributed by atoms with Crippen LogP contribution in [0.1, 0.15) is 296 Å². The van der Waals surface area contributed by atoms with Gasteiger partial charge >= 0.3 is 0 Å². The Kier molecular flexibility index (Phi) is 46.9. The molecule has 2 heterocycles. The molecule has 2 aliphatic rings. The van der Waals surface area contributed by atoms with Gasteiger partial charge in [0, 0.05) is 6.42 Å². The van der Waals surface area contributed by atoms with Crippen molar-refractivity contribution in [2.24, 2.45) is 0 Å². The van der Waals surface area contributed by atoms with Crippen LogP contribution in [0.25, 0.3) is 0 Å². The molecule has 1 amide bonds. The van der Waals surface area contributed by atoms with Crippen LogP contribution in [0.3, 0.4) is 0 Å². The number of hydrogen-bond acceptors (Lipinski definition) is 13. The second-order valence-corrected chi connectivity index (χ2v) is 23.6. The highest BCUT2D eigenvalue weighted by Gasteiger charge is 2.51. The molecule has 0 bridgehead atoms. The van der Waals surface area contributed by atoms with Gasteiger partial charge in [0.1, 0.15) is 48.8 Å². The molecule has 0 aliphatic carbocycles. The molecule has 9 N–H and O–H groups in total. The molecule has 2 saturated heterocycles. The molecule has 78 heavy (non-hydrogen) atoms. The van der Waals surface area contributed by atoms with E-state index in [4.69, 9.17) is 18.9 Å². The van der Waals surface area contributed by atoms with Crippen molar-refractivity contribution in [1.29, 1.82) is 0 Å². The maximum atomic E-state index is 13.1. The highest BCUT2D eigenvalue weighted by atomic mass is 16.7. The summed E-state index contributed by atoms with van der Waals surface area (Å²) in [6.07, 6.45) is 44.2. The molecule has 12 atom stereocenters. The van der Waals surface area contributed by atoms with Crippen molar-refractivity contribution >= 4 is 5.91 Å². The molecule has 2 rings (SSSR count). The van der Waals surface area contributed by atoms with Gasteiger partial charge in [-0.1, -0.05) is 289 Å². The summed E-state index contributed by atoms with van der Waals surface area (Å²) in [5, 5.41) is 86.3. The average Bonchev–Trinajstić information content (AvgIpc) is 3.47. The predicted octanol–water partition coefficient (Wildman–Crippen LogP) is 12.2. The zero-order chi connectivity index (χ0) is 56.7. The minimum atomic E-state index is -1.78. The molecule has 0 aromatic rings. The first-order valence-electron chi connectivity index (χ1n) is 32.9. The fourth-order valence-electron chi connectivity index (χ4n) is 11.2. The van der Waals surface area contributed by atoms with Gasteiger partial charge in [-0.15, -0.1) is 0 Å². The number of aliphatic hydroxyl groups excluding tert-OH is 8. The standard InChI is InChI=1S/C64H123NO13/c1-3-5-7-9-10-11-12-13-14-15-16-17-18-19-20-21-22-23-24-25-26-27-28-29-30-31-32-33-34-35-36-37-38-39-40-41-42-43-44-46-48-56(69)65-52(53(68)47-45-8-6-4-2)51-75-63-61(74)59(72)62(55(50-67)77-63)78-64-60(73)58(71)57(70)54(49-66)76-64/h45,47,52-55,57-64,66-68,70-74H,3-44,46,48-51H2,1-2H3,(H,65,69)/b47-45+. The molecule has 0 radical (unpaired) electrons. The van der Waals surface area contributed by atoms with Gasteiger partial charge in [0.25, 0.3) is 0 Å². The summed E-state index contributed by atoms with van der Waals surface area (Å²) in [6, 6.07) is -0.906. The lowest BCUT2D eigenvalue weighted by atomic mass is 9.97. The molecule has 0 aromatic heterocycles. The fraction of sp³-hybridized carbons (Fsp3) is 0.953. The van der Waals surface area contributed by atoms with Crippen molar-refractivity contribution in [3.05, 3.63) is 12.2 Å². The Bertz CT molecular complexity index is 1360. The van der Waals surface area contributed by atoms with Crippen molar-refractivity contribution < 1.29 is 64.6 Å². The van der Waals surface area contributed by atoms with Gasteiger partial charge in [-0.25, -0.2) is 0 Å². The summed E-state index contributed by atoms with van der Waals surface area (Å²) >= 11 is 0. The third-order valence-corrected chi connectivity index (χ3v) is 16.5. The predicted molar refractivity (Wildman–Crippen MR) is 314 cm³/mol. The highest BCUT2D eigenvalue weighted by Crippen LogP contribution is 2.30. The van der Waals surface area contributed by atoms with Crippen LogP contribution in [0.5, 0.6) is 0 Å². The molecule has 0 aromatic carbocycles. The quantitative estimate of drug-likeness (QED) is 0.0204. The lowest BCUT2D eigenvalue weighted by molar-refractivity contribution is -0.359. The van der Waals surface area contributed by atoms with Crippen LogP contribution in [0, 0.1) is 0 Å². The molecule has 2 aliphatic heterocycles. The molecule has 0 spiro atoms. The summed E-state index contributed by atoms with van der Waals surface area (Å²) in [5.74, 6) is -0.243. The average molecular weight is 1110 g/mol. The topological polar surface area (TPSA) is 228 Å². The number of carbonyl (C=O) groups is 1. The first kappa shape index (κ1) is 72.8. The molecular weight excluding hydrogens is 991 g/mol. The lowest BCUT2D eigenvalue weighted by Gasteiger charge is -2.46.